The summed E-state index contributed by atoms with van der Waals surface area (Å²) < 4.78 is 39.3. The van der Waals surface area contributed by atoms with Gasteiger partial charge in [0, 0.05) is 23.8 Å². The summed E-state index contributed by atoms with van der Waals surface area (Å²) in [5.74, 6) is -0.568. The number of carbonyl (C=O) groups is 2. The number of halogens is 3. The van der Waals surface area contributed by atoms with Crippen molar-refractivity contribution >= 4 is 17.5 Å². The van der Waals surface area contributed by atoms with Crippen molar-refractivity contribution in [2.45, 2.75) is 31.6 Å². The molecule has 0 saturated heterocycles. The fourth-order valence-electron chi connectivity index (χ4n) is 2.96. The van der Waals surface area contributed by atoms with E-state index in [9.17, 15) is 22.8 Å². The Morgan fingerprint density at radius 3 is 2.52 bits per heavy atom. The molecule has 154 valence electrons. The van der Waals surface area contributed by atoms with Crippen LogP contribution in [-0.2, 0) is 17.5 Å². The topological polar surface area (TPSA) is 61.4 Å². The lowest BCUT2D eigenvalue weighted by Crippen LogP contribution is -2.30. The first-order valence-corrected chi connectivity index (χ1v) is 9.27. The molecule has 0 heterocycles. The molecule has 2 aromatic rings. The van der Waals surface area contributed by atoms with Gasteiger partial charge < -0.3 is 10.6 Å². The van der Waals surface area contributed by atoms with Crippen LogP contribution in [0.1, 0.15) is 34.3 Å². The van der Waals surface area contributed by atoms with Crippen LogP contribution >= 0.6 is 0 Å². The number of hydrogen-bond donors (Lipinski definition) is 2. The first kappa shape index (κ1) is 20.9. The molecular formula is C21H22F3N3O2. The second-order valence-corrected chi connectivity index (χ2v) is 7.20. The zero-order valence-corrected chi connectivity index (χ0v) is 15.9. The van der Waals surface area contributed by atoms with Crippen molar-refractivity contribution in [2.24, 2.45) is 0 Å². The SMILES string of the molecule is CN(CC(=O)Nc1cccc(C(=O)NC2CC2)c1)Cc1ccccc1C(F)(F)F. The highest BCUT2D eigenvalue weighted by Gasteiger charge is 2.33. The molecule has 2 aromatic carbocycles. The van der Waals surface area contributed by atoms with E-state index in [1.54, 1.807) is 31.3 Å². The summed E-state index contributed by atoms with van der Waals surface area (Å²) in [6, 6.07) is 12.1. The van der Waals surface area contributed by atoms with Gasteiger partial charge >= 0.3 is 6.18 Å². The molecule has 8 heteroatoms. The summed E-state index contributed by atoms with van der Waals surface area (Å²) in [4.78, 5) is 25.9. The fourth-order valence-corrected chi connectivity index (χ4v) is 2.96. The molecule has 5 nitrogen and oxygen atoms in total. The van der Waals surface area contributed by atoms with Gasteiger partial charge in [-0.1, -0.05) is 24.3 Å². The molecule has 2 amide bonds. The lowest BCUT2D eigenvalue weighted by molar-refractivity contribution is -0.138. The lowest BCUT2D eigenvalue weighted by atomic mass is 10.1. The molecule has 29 heavy (non-hydrogen) atoms. The van der Waals surface area contributed by atoms with Crippen molar-refractivity contribution in [1.29, 1.82) is 0 Å². The van der Waals surface area contributed by atoms with Gasteiger partial charge in [0.15, 0.2) is 0 Å². The maximum atomic E-state index is 13.1. The Morgan fingerprint density at radius 1 is 1.10 bits per heavy atom. The Bertz CT molecular complexity index is 895. The zero-order chi connectivity index (χ0) is 21.0. The van der Waals surface area contributed by atoms with Crippen LogP contribution in [0.4, 0.5) is 18.9 Å². The third-order valence-corrected chi connectivity index (χ3v) is 4.50. The van der Waals surface area contributed by atoms with Crippen molar-refractivity contribution in [3.63, 3.8) is 0 Å². The minimum absolute atomic E-state index is 0.0209. The van der Waals surface area contributed by atoms with Gasteiger partial charge in [-0.15, -0.1) is 0 Å². The molecule has 0 aliphatic heterocycles. The van der Waals surface area contributed by atoms with E-state index >= 15 is 0 Å². The Hall–Kier alpha value is -2.87. The number of likely N-dealkylation sites (N-methyl/N-ethyl adjacent to an activating group) is 1. The van der Waals surface area contributed by atoms with E-state index in [0.717, 1.165) is 18.9 Å². The van der Waals surface area contributed by atoms with E-state index in [2.05, 4.69) is 10.6 Å². The fraction of sp³-hybridized carbons (Fsp3) is 0.333. The van der Waals surface area contributed by atoms with Crippen LogP contribution in [0.15, 0.2) is 48.5 Å². The standard InChI is InChI=1S/C21H22F3N3O2/c1-27(12-15-5-2-3-8-18(15)21(22,23)24)13-19(28)25-17-7-4-6-14(11-17)20(29)26-16-9-10-16/h2-8,11,16H,9-10,12-13H2,1H3,(H,25,28)(H,26,29). The number of anilines is 1. The monoisotopic (exact) mass is 405 g/mol. The number of nitrogens with one attached hydrogen (secondary N) is 2. The number of carbonyl (C=O) groups excluding carboxylic acids is 2. The van der Waals surface area contributed by atoms with Crippen molar-refractivity contribution in [2.75, 3.05) is 18.9 Å². The summed E-state index contributed by atoms with van der Waals surface area (Å²) in [5.41, 5.74) is 0.306. The van der Waals surface area contributed by atoms with Crippen molar-refractivity contribution in [1.82, 2.24) is 10.2 Å². The minimum atomic E-state index is -4.44. The maximum Gasteiger partial charge on any atom is 0.416 e. The molecule has 1 aliphatic carbocycles. The van der Waals surface area contributed by atoms with Gasteiger partial charge in [-0.05, 0) is 49.7 Å². The molecule has 0 bridgehead atoms. The molecule has 0 spiro atoms. The maximum absolute atomic E-state index is 13.1. The Labute approximate surface area is 166 Å². The average Bonchev–Trinajstić information content (AvgIpc) is 3.45. The first-order chi connectivity index (χ1) is 13.7. The molecule has 1 saturated carbocycles. The van der Waals surface area contributed by atoms with Crippen LogP contribution in [0.2, 0.25) is 0 Å². The number of amides is 2. The first-order valence-electron chi connectivity index (χ1n) is 9.27. The van der Waals surface area contributed by atoms with Gasteiger partial charge in [0.05, 0.1) is 12.1 Å². The van der Waals surface area contributed by atoms with E-state index in [0.29, 0.717) is 11.3 Å². The Kier molecular flexibility index (Phi) is 6.22. The highest BCUT2D eigenvalue weighted by molar-refractivity contribution is 5.97. The predicted molar refractivity (Wildman–Crippen MR) is 103 cm³/mol. The molecule has 0 unspecified atom stereocenters. The summed E-state index contributed by atoms with van der Waals surface area (Å²) in [5, 5.41) is 5.56. The van der Waals surface area contributed by atoms with Gasteiger partial charge in [-0.2, -0.15) is 13.2 Å². The van der Waals surface area contributed by atoms with Gasteiger partial charge in [-0.25, -0.2) is 0 Å². The van der Waals surface area contributed by atoms with Crippen LogP contribution in [-0.4, -0.2) is 36.3 Å². The predicted octanol–water partition coefficient (Wildman–Crippen LogP) is 3.67. The van der Waals surface area contributed by atoms with Crippen LogP contribution in [0.3, 0.4) is 0 Å². The molecule has 0 atom stereocenters. The molecule has 0 radical (unpaired) electrons. The number of alkyl halides is 3. The second kappa shape index (κ2) is 8.65. The van der Waals surface area contributed by atoms with E-state index in [1.807, 2.05) is 0 Å². The van der Waals surface area contributed by atoms with E-state index < -0.39 is 11.7 Å². The van der Waals surface area contributed by atoms with Crippen LogP contribution in [0.25, 0.3) is 0 Å². The summed E-state index contributed by atoms with van der Waals surface area (Å²) in [6.45, 7) is -0.113. The summed E-state index contributed by atoms with van der Waals surface area (Å²) in [6.07, 6.45) is -2.49. The number of nitrogens with zero attached hydrogens (tertiary/aromatic N) is 1. The lowest BCUT2D eigenvalue weighted by Gasteiger charge is -2.19. The van der Waals surface area contributed by atoms with Crippen molar-refractivity contribution < 1.29 is 22.8 Å². The van der Waals surface area contributed by atoms with E-state index in [-0.39, 0.29) is 36.5 Å². The molecule has 1 fully saturated rings. The Balaban J connectivity index is 1.58. The zero-order valence-electron chi connectivity index (χ0n) is 15.9. The van der Waals surface area contributed by atoms with Gasteiger partial charge in [0.2, 0.25) is 5.91 Å². The van der Waals surface area contributed by atoms with Crippen molar-refractivity contribution in [3.8, 4) is 0 Å². The van der Waals surface area contributed by atoms with E-state index in [4.69, 9.17) is 0 Å². The second-order valence-electron chi connectivity index (χ2n) is 7.20. The Morgan fingerprint density at radius 2 is 1.83 bits per heavy atom. The molecule has 0 aromatic heterocycles. The number of benzene rings is 2. The smallest absolute Gasteiger partial charge is 0.349 e. The average molecular weight is 405 g/mol. The highest BCUT2D eigenvalue weighted by atomic mass is 19.4. The third kappa shape index (κ3) is 6.05. The van der Waals surface area contributed by atoms with Crippen LogP contribution in [0, 0.1) is 0 Å². The third-order valence-electron chi connectivity index (χ3n) is 4.50. The molecule has 3 rings (SSSR count). The molecule has 2 N–H and O–H groups in total. The molecular weight excluding hydrogens is 383 g/mol. The highest BCUT2D eigenvalue weighted by Crippen LogP contribution is 2.32. The largest absolute Gasteiger partial charge is 0.416 e. The van der Waals surface area contributed by atoms with Crippen LogP contribution < -0.4 is 10.6 Å². The van der Waals surface area contributed by atoms with E-state index in [1.165, 1.54) is 23.1 Å². The number of rotatable bonds is 7. The summed E-state index contributed by atoms with van der Waals surface area (Å²) >= 11 is 0. The molecule has 1 aliphatic rings. The summed E-state index contributed by atoms with van der Waals surface area (Å²) in [7, 11) is 1.58. The normalized spacial score (nSPS) is 14.0. The number of hydrogen-bond acceptors (Lipinski definition) is 3. The van der Waals surface area contributed by atoms with Gasteiger partial charge in [-0.3, -0.25) is 14.5 Å². The van der Waals surface area contributed by atoms with Gasteiger partial charge in [0.1, 0.15) is 0 Å². The van der Waals surface area contributed by atoms with Crippen LogP contribution in [0.5, 0.6) is 0 Å². The minimum Gasteiger partial charge on any atom is -0.349 e. The van der Waals surface area contributed by atoms with Gasteiger partial charge in [0.25, 0.3) is 5.91 Å². The van der Waals surface area contributed by atoms with Crippen molar-refractivity contribution in [3.05, 3.63) is 65.2 Å². The quantitative estimate of drug-likeness (QED) is 0.739.